The van der Waals surface area contributed by atoms with E-state index in [1.165, 1.54) is 16.8 Å². The minimum absolute atomic E-state index is 0.00771. The number of aromatic amines is 1. The van der Waals surface area contributed by atoms with Crippen LogP contribution in [0.5, 0.6) is 0 Å². The molecule has 3 rings (SSSR count). The number of esters is 1. The van der Waals surface area contributed by atoms with Crippen molar-refractivity contribution in [2.45, 2.75) is 58.0 Å². The molecular weight excluding hydrogens is 332 g/mol. The first-order chi connectivity index (χ1) is 11.7. The lowest BCUT2D eigenvalue weighted by Gasteiger charge is -2.24. The van der Waals surface area contributed by atoms with Crippen LogP contribution in [0.15, 0.2) is 21.9 Å². The van der Waals surface area contributed by atoms with Gasteiger partial charge in [-0.2, -0.15) is 0 Å². The Balaban J connectivity index is 1.84. The van der Waals surface area contributed by atoms with E-state index in [9.17, 15) is 14.4 Å². The third-order valence-corrected chi connectivity index (χ3v) is 4.11. The Morgan fingerprint density at radius 2 is 2.00 bits per heavy atom. The van der Waals surface area contributed by atoms with Crippen molar-refractivity contribution in [3.05, 3.63) is 33.1 Å². The van der Waals surface area contributed by atoms with Crippen molar-refractivity contribution in [1.82, 2.24) is 9.55 Å². The smallest absolute Gasteiger partial charge is 0.330 e. The Morgan fingerprint density at radius 3 is 2.64 bits per heavy atom. The van der Waals surface area contributed by atoms with Gasteiger partial charge in [0.15, 0.2) is 12.0 Å². The van der Waals surface area contributed by atoms with Gasteiger partial charge in [0.05, 0.1) is 5.92 Å². The summed E-state index contributed by atoms with van der Waals surface area (Å²) < 4.78 is 24.1. The van der Waals surface area contributed by atoms with Crippen molar-refractivity contribution in [3.63, 3.8) is 0 Å². The molecule has 0 amide bonds. The molecule has 4 atom stereocenters. The topological polar surface area (TPSA) is 109 Å². The minimum atomic E-state index is -0.858. The van der Waals surface area contributed by atoms with Gasteiger partial charge in [-0.1, -0.05) is 13.8 Å². The summed E-state index contributed by atoms with van der Waals surface area (Å²) in [5.74, 6) is -1.46. The molecule has 0 aliphatic carbocycles. The minimum Gasteiger partial charge on any atom is -0.463 e. The van der Waals surface area contributed by atoms with Crippen molar-refractivity contribution >= 4 is 5.97 Å². The molecule has 0 spiro atoms. The molecule has 2 fully saturated rings. The Morgan fingerprint density at radius 1 is 1.32 bits per heavy atom. The predicted molar refractivity (Wildman–Crippen MR) is 84.9 cm³/mol. The molecule has 1 aromatic heterocycles. The highest BCUT2D eigenvalue weighted by molar-refractivity contribution is 5.71. The second-order valence-electron chi connectivity index (χ2n) is 6.93. The summed E-state index contributed by atoms with van der Waals surface area (Å²) in [6, 6.07) is 1.23. The van der Waals surface area contributed by atoms with E-state index in [1.54, 1.807) is 27.7 Å². The number of carbonyl (C=O) groups excluding carboxylic acids is 1. The molecule has 4 unspecified atom stereocenters. The maximum absolute atomic E-state index is 12.1. The van der Waals surface area contributed by atoms with Crippen LogP contribution >= 0.6 is 0 Å². The average molecular weight is 354 g/mol. The Hall–Kier alpha value is -1.97. The summed E-state index contributed by atoms with van der Waals surface area (Å²) >= 11 is 0. The monoisotopic (exact) mass is 354 g/mol. The summed E-state index contributed by atoms with van der Waals surface area (Å²) in [6.45, 7) is 6.99. The van der Waals surface area contributed by atoms with E-state index in [2.05, 4.69) is 4.98 Å². The lowest BCUT2D eigenvalue weighted by Crippen LogP contribution is -2.37. The second-order valence-corrected chi connectivity index (χ2v) is 6.93. The SMILES string of the molecule is CC(C)C(=O)OCC1OC(n2ccc(=O)[nH]c2=O)C2OC(C)(C)OC12. The van der Waals surface area contributed by atoms with E-state index in [4.69, 9.17) is 18.9 Å². The van der Waals surface area contributed by atoms with Crippen LogP contribution in [0, 0.1) is 5.92 Å². The lowest BCUT2D eigenvalue weighted by atomic mass is 10.1. The number of rotatable bonds is 4. The zero-order valence-electron chi connectivity index (χ0n) is 14.6. The van der Waals surface area contributed by atoms with E-state index in [1.807, 2.05) is 0 Å². The number of H-pyrrole nitrogens is 1. The number of carbonyl (C=O) groups is 1. The van der Waals surface area contributed by atoms with Gasteiger partial charge in [0.1, 0.15) is 24.9 Å². The molecule has 9 nitrogen and oxygen atoms in total. The van der Waals surface area contributed by atoms with Gasteiger partial charge in [-0.3, -0.25) is 19.1 Å². The van der Waals surface area contributed by atoms with Gasteiger partial charge in [-0.25, -0.2) is 4.79 Å². The van der Waals surface area contributed by atoms with E-state index < -0.39 is 41.6 Å². The molecule has 1 aromatic rings. The molecule has 25 heavy (non-hydrogen) atoms. The zero-order valence-corrected chi connectivity index (χ0v) is 14.6. The molecule has 3 heterocycles. The van der Waals surface area contributed by atoms with Crippen LogP contribution in [0.25, 0.3) is 0 Å². The summed E-state index contributed by atoms with van der Waals surface area (Å²) in [7, 11) is 0. The van der Waals surface area contributed by atoms with Crippen molar-refractivity contribution < 1.29 is 23.7 Å². The van der Waals surface area contributed by atoms with Crippen LogP contribution in [0.2, 0.25) is 0 Å². The maximum atomic E-state index is 12.1. The first-order valence-corrected chi connectivity index (χ1v) is 8.17. The first kappa shape index (κ1) is 17.8. The molecule has 2 saturated heterocycles. The standard InChI is InChI=1S/C16H22N2O7/c1-8(2)14(20)22-7-9-11-12(25-16(3,4)24-11)13(23-9)18-6-5-10(19)17-15(18)21/h5-6,8-9,11-13H,7H2,1-4H3,(H,17,19,21). The van der Waals surface area contributed by atoms with Crippen LogP contribution in [-0.4, -0.2) is 46.2 Å². The third-order valence-electron chi connectivity index (χ3n) is 4.11. The molecule has 9 heteroatoms. The summed E-state index contributed by atoms with van der Waals surface area (Å²) in [5, 5.41) is 0. The van der Waals surface area contributed by atoms with Gasteiger partial charge >= 0.3 is 11.7 Å². The summed E-state index contributed by atoms with van der Waals surface area (Å²) in [6.07, 6.45) is -1.10. The highest BCUT2D eigenvalue weighted by Gasteiger charge is 2.56. The molecule has 138 valence electrons. The lowest BCUT2D eigenvalue weighted by molar-refractivity contribution is -0.203. The van der Waals surface area contributed by atoms with Crippen LogP contribution in [0.3, 0.4) is 0 Å². The van der Waals surface area contributed by atoms with Crippen LogP contribution in [0.1, 0.15) is 33.9 Å². The van der Waals surface area contributed by atoms with Crippen molar-refractivity contribution in [3.8, 4) is 0 Å². The number of nitrogens with one attached hydrogen (secondary N) is 1. The van der Waals surface area contributed by atoms with Crippen LogP contribution < -0.4 is 11.2 Å². The number of hydrogen-bond acceptors (Lipinski definition) is 7. The molecule has 0 saturated carbocycles. The number of aromatic nitrogens is 2. The van der Waals surface area contributed by atoms with E-state index in [0.717, 1.165) is 0 Å². The molecule has 0 bridgehead atoms. The highest BCUT2D eigenvalue weighted by Crippen LogP contribution is 2.42. The molecule has 1 N–H and O–H groups in total. The van der Waals surface area contributed by atoms with Gasteiger partial charge in [0, 0.05) is 12.3 Å². The Kier molecular flexibility index (Phi) is 4.56. The number of fused-ring (bicyclic) bond motifs is 1. The fraction of sp³-hybridized carbons (Fsp3) is 0.688. The van der Waals surface area contributed by atoms with Gasteiger partial charge in [0.2, 0.25) is 0 Å². The maximum Gasteiger partial charge on any atom is 0.330 e. The van der Waals surface area contributed by atoms with Crippen LogP contribution in [-0.2, 0) is 23.7 Å². The largest absolute Gasteiger partial charge is 0.463 e. The quantitative estimate of drug-likeness (QED) is 0.767. The van der Waals surface area contributed by atoms with E-state index >= 15 is 0 Å². The van der Waals surface area contributed by atoms with E-state index in [-0.39, 0.29) is 18.5 Å². The molecule has 2 aliphatic heterocycles. The fourth-order valence-corrected chi connectivity index (χ4v) is 2.98. The Labute approximate surface area is 143 Å². The van der Waals surface area contributed by atoms with Crippen molar-refractivity contribution in [2.24, 2.45) is 5.92 Å². The molecule has 2 aliphatic rings. The number of ether oxygens (including phenoxy) is 4. The van der Waals surface area contributed by atoms with Crippen LogP contribution in [0.4, 0.5) is 0 Å². The van der Waals surface area contributed by atoms with Crippen molar-refractivity contribution in [2.75, 3.05) is 6.61 Å². The van der Waals surface area contributed by atoms with Gasteiger partial charge in [-0.15, -0.1) is 0 Å². The van der Waals surface area contributed by atoms with Crippen molar-refractivity contribution in [1.29, 1.82) is 0 Å². The molecular formula is C16H22N2O7. The predicted octanol–water partition coefficient (Wildman–Crippen LogP) is 0.153. The summed E-state index contributed by atoms with van der Waals surface area (Å²) in [4.78, 5) is 37.3. The molecule has 0 aromatic carbocycles. The molecule has 0 radical (unpaired) electrons. The number of hydrogen-bond donors (Lipinski definition) is 1. The van der Waals surface area contributed by atoms with Gasteiger partial charge in [-0.05, 0) is 13.8 Å². The number of nitrogens with zero attached hydrogens (tertiary/aromatic N) is 1. The normalized spacial score (nSPS) is 30.4. The zero-order chi connectivity index (χ0) is 18.4. The fourth-order valence-electron chi connectivity index (χ4n) is 2.98. The van der Waals surface area contributed by atoms with E-state index in [0.29, 0.717) is 0 Å². The highest BCUT2D eigenvalue weighted by atomic mass is 16.8. The average Bonchev–Trinajstić information content (AvgIpc) is 2.98. The Bertz CT molecular complexity index is 766. The second kappa shape index (κ2) is 6.40. The summed E-state index contributed by atoms with van der Waals surface area (Å²) in [5.41, 5.74) is -1.11. The first-order valence-electron chi connectivity index (χ1n) is 8.17. The van der Waals surface area contributed by atoms with Gasteiger partial charge in [0.25, 0.3) is 5.56 Å². The third kappa shape index (κ3) is 3.53. The van der Waals surface area contributed by atoms with Gasteiger partial charge < -0.3 is 18.9 Å².